The van der Waals surface area contributed by atoms with Crippen LogP contribution in [0.1, 0.15) is 38.2 Å². The molecule has 0 spiro atoms. The summed E-state index contributed by atoms with van der Waals surface area (Å²) in [4.78, 5) is 15.7. The van der Waals surface area contributed by atoms with Crippen LogP contribution in [-0.4, -0.2) is 28.1 Å². The van der Waals surface area contributed by atoms with Crippen LogP contribution in [0.2, 0.25) is 0 Å². The molecule has 0 radical (unpaired) electrons. The van der Waals surface area contributed by atoms with Crippen molar-refractivity contribution in [3.63, 3.8) is 0 Å². The molecule has 2 rings (SSSR count). The van der Waals surface area contributed by atoms with E-state index in [4.69, 9.17) is 0 Å². The SMILES string of the molecule is CC1CCCC(O)(CNC(=O)C=Cc2cccnc2)C1. The molecule has 1 aromatic heterocycles. The maximum atomic E-state index is 11.8. The lowest BCUT2D eigenvalue weighted by Crippen LogP contribution is -2.45. The Kier molecular flexibility index (Phi) is 4.90. The maximum absolute atomic E-state index is 11.8. The molecule has 1 aromatic rings. The molecule has 4 heteroatoms. The number of aliphatic hydroxyl groups is 1. The lowest BCUT2D eigenvalue weighted by Gasteiger charge is -2.35. The van der Waals surface area contributed by atoms with Crippen molar-refractivity contribution in [2.75, 3.05) is 6.54 Å². The Bertz CT molecular complexity index is 473. The average molecular weight is 274 g/mol. The van der Waals surface area contributed by atoms with E-state index in [2.05, 4.69) is 17.2 Å². The van der Waals surface area contributed by atoms with Gasteiger partial charge in [-0.05, 0) is 36.5 Å². The maximum Gasteiger partial charge on any atom is 0.244 e. The van der Waals surface area contributed by atoms with Crippen molar-refractivity contribution in [1.82, 2.24) is 10.3 Å². The van der Waals surface area contributed by atoms with Gasteiger partial charge in [0.25, 0.3) is 0 Å². The van der Waals surface area contributed by atoms with E-state index >= 15 is 0 Å². The van der Waals surface area contributed by atoms with Crippen molar-refractivity contribution in [3.8, 4) is 0 Å². The summed E-state index contributed by atoms with van der Waals surface area (Å²) in [6.45, 7) is 2.47. The number of hydrogen-bond acceptors (Lipinski definition) is 3. The molecule has 1 aliphatic carbocycles. The van der Waals surface area contributed by atoms with Crippen molar-refractivity contribution >= 4 is 12.0 Å². The minimum Gasteiger partial charge on any atom is -0.388 e. The highest BCUT2D eigenvalue weighted by Crippen LogP contribution is 2.31. The molecule has 2 unspecified atom stereocenters. The van der Waals surface area contributed by atoms with Crippen LogP contribution in [-0.2, 0) is 4.79 Å². The fourth-order valence-electron chi connectivity index (χ4n) is 2.75. The molecular weight excluding hydrogens is 252 g/mol. The van der Waals surface area contributed by atoms with Crippen LogP contribution in [0.15, 0.2) is 30.6 Å². The molecule has 1 aliphatic rings. The van der Waals surface area contributed by atoms with Gasteiger partial charge in [0.2, 0.25) is 5.91 Å². The zero-order valence-corrected chi connectivity index (χ0v) is 11.9. The summed E-state index contributed by atoms with van der Waals surface area (Å²) in [5.74, 6) is 0.345. The summed E-state index contributed by atoms with van der Waals surface area (Å²) >= 11 is 0. The normalized spacial score (nSPS) is 26.6. The second kappa shape index (κ2) is 6.66. The number of carbonyl (C=O) groups is 1. The number of pyridine rings is 1. The quantitative estimate of drug-likeness (QED) is 0.827. The number of rotatable bonds is 4. The molecule has 0 saturated heterocycles. The zero-order chi connectivity index (χ0) is 14.4. The van der Waals surface area contributed by atoms with Gasteiger partial charge >= 0.3 is 0 Å². The van der Waals surface area contributed by atoms with E-state index in [1.807, 2.05) is 12.1 Å². The van der Waals surface area contributed by atoms with Gasteiger partial charge in [-0.15, -0.1) is 0 Å². The Morgan fingerprint density at radius 2 is 2.50 bits per heavy atom. The standard InChI is InChI=1S/C16H22N2O2/c1-13-4-2-8-16(20,10-13)12-18-15(19)7-6-14-5-3-9-17-11-14/h3,5-7,9,11,13,20H,2,4,8,10,12H2,1H3,(H,18,19). The van der Waals surface area contributed by atoms with Gasteiger partial charge < -0.3 is 10.4 Å². The van der Waals surface area contributed by atoms with Crippen molar-refractivity contribution in [2.45, 2.75) is 38.2 Å². The van der Waals surface area contributed by atoms with E-state index < -0.39 is 5.60 Å². The van der Waals surface area contributed by atoms with Gasteiger partial charge in [0.1, 0.15) is 0 Å². The predicted octanol–water partition coefficient (Wildman–Crippen LogP) is 2.15. The Labute approximate surface area is 119 Å². The third-order valence-electron chi connectivity index (χ3n) is 3.77. The molecule has 108 valence electrons. The summed E-state index contributed by atoms with van der Waals surface area (Å²) in [6, 6.07) is 3.71. The summed E-state index contributed by atoms with van der Waals surface area (Å²) in [7, 11) is 0. The van der Waals surface area contributed by atoms with E-state index in [-0.39, 0.29) is 5.91 Å². The fraction of sp³-hybridized carbons (Fsp3) is 0.500. The molecule has 1 fully saturated rings. The van der Waals surface area contributed by atoms with Gasteiger partial charge in [-0.1, -0.05) is 25.8 Å². The summed E-state index contributed by atoms with van der Waals surface area (Å²) in [5.41, 5.74) is 0.141. The number of carbonyl (C=O) groups excluding carboxylic acids is 1. The van der Waals surface area contributed by atoms with E-state index in [0.29, 0.717) is 12.5 Å². The third kappa shape index (κ3) is 4.46. The van der Waals surface area contributed by atoms with Crippen LogP contribution in [0.3, 0.4) is 0 Å². The molecule has 4 nitrogen and oxygen atoms in total. The monoisotopic (exact) mass is 274 g/mol. The van der Waals surface area contributed by atoms with Crippen molar-refractivity contribution < 1.29 is 9.90 Å². The van der Waals surface area contributed by atoms with Gasteiger partial charge in [-0.3, -0.25) is 9.78 Å². The number of amides is 1. The first-order chi connectivity index (χ1) is 9.57. The second-order valence-electron chi connectivity index (χ2n) is 5.76. The third-order valence-corrected chi connectivity index (χ3v) is 3.77. The van der Waals surface area contributed by atoms with Crippen LogP contribution in [0.5, 0.6) is 0 Å². The fourth-order valence-corrected chi connectivity index (χ4v) is 2.75. The molecule has 1 saturated carbocycles. The zero-order valence-electron chi connectivity index (χ0n) is 11.9. The van der Waals surface area contributed by atoms with Gasteiger partial charge in [-0.2, -0.15) is 0 Å². The highest BCUT2D eigenvalue weighted by Gasteiger charge is 2.32. The average Bonchev–Trinajstić information content (AvgIpc) is 2.44. The summed E-state index contributed by atoms with van der Waals surface area (Å²) < 4.78 is 0. The lowest BCUT2D eigenvalue weighted by molar-refractivity contribution is -0.118. The molecule has 2 atom stereocenters. The van der Waals surface area contributed by atoms with E-state index in [0.717, 1.165) is 31.2 Å². The molecule has 1 heterocycles. The Morgan fingerprint density at radius 1 is 1.65 bits per heavy atom. The minimum absolute atomic E-state index is 0.180. The van der Waals surface area contributed by atoms with Crippen LogP contribution in [0.4, 0.5) is 0 Å². The molecule has 0 bridgehead atoms. The Hall–Kier alpha value is -1.68. The van der Waals surface area contributed by atoms with E-state index in [1.54, 1.807) is 18.5 Å². The Morgan fingerprint density at radius 3 is 3.20 bits per heavy atom. The smallest absolute Gasteiger partial charge is 0.244 e. The summed E-state index contributed by atoms with van der Waals surface area (Å²) in [5, 5.41) is 13.2. The highest BCUT2D eigenvalue weighted by molar-refractivity contribution is 5.91. The van der Waals surface area contributed by atoms with Gasteiger partial charge in [0.05, 0.1) is 5.60 Å². The minimum atomic E-state index is -0.741. The van der Waals surface area contributed by atoms with Crippen LogP contribution < -0.4 is 5.32 Å². The number of aromatic nitrogens is 1. The van der Waals surface area contributed by atoms with Gasteiger partial charge in [0.15, 0.2) is 0 Å². The first kappa shape index (κ1) is 14.7. The van der Waals surface area contributed by atoms with E-state index in [1.165, 1.54) is 6.08 Å². The Balaban J connectivity index is 1.82. The number of hydrogen-bond donors (Lipinski definition) is 2. The van der Waals surface area contributed by atoms with Gasteiger partial charge in [0, 0.05) is 25.0 Å². The molecule has 0 aliphatic heterocycles. The predicted molar refractivity (Wildman–Crippen MR) is 78.9 cm³/mol. The first-order valence-electron chi connectivity index (χ1n) is 7.16. The van der Waals surface area contributed by atoms with Crippen molar-refractivity contribution in [3.05, 3.63) is 36.2 Å². The van der Waals surface area contributed by atoms with Crippen LogP contribution in [0, 0.1) is 5.92 Å². The second-order valence-corrected chi connectivity index (χ2v) is 5.76. The van der Waals surface area contributed by atoms with Crippen LogP contribution >= 0.6 is 0 Å². The first-order valence-corrected chi connectivity index (χ1v) is 7.16. The molecular formula is C16H22N2O2. The topological polar surface area (TPSA) is 62.2 Å². The number of nitrogens with zero attached hydrogens (tertiary/aromatic N) is 1. The van der Waals surface area contributed by atoms with Crippen LogP contribution in [0.25, 0.3) is 6.08 Å². The molecule has 2 N–H and O–H groups in total. The molecule has 1 amide bonds. The molecule has 0 aromatic carbocycles. The largest absolute Gasteiger partial charge is 0.388 e. The van der Waals surface area contributed by atoms with E-state index in [9.17, 15) is 9.90 Å². The summed E-state index contributed by atoms with van der Waals surface area (Å²) in [6.07, 6.45) is 10.3. The molecule has 20 heavy (non-hydrogen) atoms. The van der Waals surface area contributed by atoms with Gasteiger partial charge in [-0.25, -0.2) is 0 Å². The number of nitrogens with one attached hydrogen (secondary N) is 1. The van der Waals surface area contributed by atoms with Crippen molar-refractivity contribution in [2.24, 2.45) is 5.92 Å². The highest BCUT2D eigenvalue weighted by atomic mass is 16.3. The lowest BCUT2D eigenvalue weighted by atomic mass is 9.79. The van der Waals surface area contributed by atoms with Crippen molar-refractivity contribution in [1.29, 1.82) is 0 Å².